The topological polar surface area (TPSA) is 23.6 Å². The van der Waals surface area contributed by atoms with Gasteiger partial charge < -0.3 is 4.79 Å². The number of hydrogen-bond acceptors (Lipinski definition) is 3. The first kappa shape index (κ1) is 14.1. The van der Waals surface area contributed by atoms with Crippen LogP contribution in [0.15, 0.2) is 0 Å². The van der Waals surface area contributed by atoms with E-state index >= 15 is 0 Å². The molecule has 0 bridgehead atoms. The van der Waals surface area contributed by atoms with Crippen molar-refractivity contribution in [2.75, 3.05) is 27.2 Å². The molecule has 0 aliphatic carbocycles. The Morgan fingerprint density at radius 3 is 1.75 bits per heavy atom. The SMILES string of the molecule is C.C=O.CN(C)N1CCCCC1. The lowest BCUT2D eigenvalue weighted by Gasteiger charge is -2.31. The molecule has 0 N–H and O–H groups in total. The third-order valence-corrected chi connectivity index (χ3v) is 1.90. The van der Waals surface area contributed by atoms with Crippen LogP contribution in [0.4, 0.5) is 0 Å². The second kappa shape index (κ2) is 8.68. The van der Waals surface area contributed by atoms with Gasteiger partial charge >= 0.3 is 0 Å². The summed E-state index contributed by atoms with van der Waals surface area (Å²) in [6, 6.07) is 0. The van der Waals surface area contributed by atoms with E-state index in [-0.39, 0.29) is 7.43 Å². The molecule has 1 aliphatic rings. The van der Waals surface area contributed by atoms with E-state index in [1.54, 1.807) is 0 Å². The standard InChI is InChI=1S/C7H16N2.CH2O.CH4/c1-8(2)9-6-4-3-5-7-9;1-2;/h3-7H2,1-2H3;1H2;1H4. The first-order chi connectivity index (χ1) is 5.30. The Morgan fingerprint density at radius 2 is 1.50 bits per heavy atom. The molecule has 1 rings (SSSR count). The molecule has 3 heteroatoms. The van der Waals surface area contributed by atoms with Crippen molar-refractivity contribution in [3.05, 3.63) is 0 Å². The summed E-state index contributed by atoms with van der Waals surface area (Å²) in [6.45, 7) is 4.51. The Hall–Kier alpha value is -0.410. The number of hydrazine groups is 1. The predicted octanol–water partition coefficient (Wildman–Crippen LogP) is 1.40. The van der Waals surface area contributed by atoms with E-state index in [1.165, 1.54) is 32.4 Å². The molecule has 0 unspecified atom stereocenters. The van der Waals surface area contributed by atoms with E-state index in [4.69, 9.17) is 4.79 Å². The summed E-state index contributed by atoms with van der Waals surface area (Å²) in [5, 5.41) is 4.59. The van der Waals surface area contributed by atoms with Crippen molar-refractivity contribution in [2.24, 2.45) is 0 Å². The lowest BCUT2D eigenvalue weighted by molar-refractivity contribution is -0.0979. The van der Waals surface area contributed by atoms with Gasteiger partial charge in [-0.05, 0) is 12.8 Å². The van der Waals surface area contributed by atoms with Crippen molar-refractivity contribution < 1.29 is 4.79 Å². The van der Waals surface area contributed by atoms with Crippen molar-refractivity contribution in [3.63, 3.8) is 0 Å². The van der Waals surface area contributed by atoms with Crippen molar-refractivity contribution in [2.45, 2.75) is 26.7 Å². The normalized spacial score (nSPS) is 17.6. The van der Waals surface area contributed by atoms with Gasteiger partial charge in [-0.1, -0.05) is 13.8 Å². The second-order valence-electron chi connectivity index (χ2n) is 2.86. The molecule has 0 atom stereocenters. The summed E-state index contributed by atoms with van der Waals surface area (Å²) in [7, 11) is 4.23. The highest BCUT2D eigenvalue weighted by atomic mass is 16.1. The maximum Gasteiger partial charge on any atom is 0.106 e. The number of carbonyl (C=O) groups excluding carboxylic acids is 1. The maximum atomic E-state index is 8.00. The second-order valence-corrected chi connectivity index (χ2v) is 2.86. The fraction of sp³-hybridized carbons (Fsp3) is 0.889. The summed E-state index contributed by atoms with van der Waals surface area (Å²) in [6.07, 6.45) is 4.17. The third-order valence-electron chi connectivity index (χ3n) is 1.90. The molecule has 0 aromatic carbocycles. The van der Waals surface area contributed by atoms with Gasteiger partial charge in [0.25, 0.3) is 0 Å². The maximum absolute atomic E-state index is 8.00. The first-order valence-electron chi connectivity index (χ1n) is 4.02. The molecule has 0 aromatic heterocycles. The number of hydrogen-bond donors (Lipinski definition) is 0. The zero-order valence-corrected chi connectivity index (χ0v) is 7.55. The quantitative estimate of drug-likeness (QED) is 0.600. The van der Waals surface area contributed by atoms with Gasteiger partial charge in [0.1, 0.15) is 6.79 Å². The molecule has 12 heavy (non-hydrogen) atoms. The van der Waals surface area contributed by atoms with E-state index < -0.39 is 0 Å². The fourth-order valence-corrected chi connectivity index (χ4v) is 1.28. The van der Waals surface area contributed by atoms with Gasteiger partial charge in [-0.25, -0.2) is 10.0 Å². The smallest absolute Gasteiger partial charge is 0.106 e. The van der Waals surface area contributed by atoms with Crippen LogP contribution in [-0.2, 0) is 4.79 Å². The highest BCUT2D eigenvalue weighted by molar-refractivity contribution is 5.10. The Balaban J connectivity index is 0. The Labute approximate surface area is 76.3 Å². The van der Waals surface area contributed by atoms with Gasteiger partial charge in [0.05, 0.1) is 0 Å². The number of nitrogens with zero attached hydrogens (tertiary/aromatic N) is 2. The van der Waals surface area contributed by atoms with Crippen molar-refractivity contribution >= 4 is 6.79 Å². The molecule has 0 saturated carbocycles. The minimum atomic E-state index is 0. The van der Waals surface area contributed by atoms with Gasteiger partial charge in [0.2, 0.25) is 0 Å². The van der Waals surface area contributed by atoms with E-state index in [1.807, 2.05) is 6.79 Å². The van der Waals surface area contributed by atoms with Gasteiger partial charge in [0, 0.05) is 27.2 Å². The van der Waals surface area contributed by atoms with Crippen molar-refractivity contribution in [3.8, 4) is 0 Å². The fourth-order valence-electron chi connectivity index (χ4n) is 1.28. The van der Waals surface area contributed by atoms with Crippen LogP contribution < -0.4 is 0 Å². The van der Waals surface area contributed by atoms with E-state index in [0.29, 0.717) is 0 Å². The summed E-state index contributed by atoms with van der Waals surface area (Å²) in [5.41, 5.74) is 0. The Morgan fingerprint density at radius 1 is 1.08 bits per heavy atom. The summed E-state index contributed by atoms with van der Waals surface area (Å²) < 4.78 is 0. The molecule has 1 saturated heterocycles. The van der Waals surface area contributed by atoms with E-state index in [0.717, 1.165) is 0 Å². The van der Waals surface area contributed by atoms with Crippen LogP contribution in [-0.4, -0.2) is 44.0 Å². The van der Waals surface area contributed by atoms with E-state index in [9.17, 15) is 0 Å². The van der Waals surface area contributed by atoms with Gasteiger partial charge in [-0.2, -0.15) is 0 Å². The lowest BCUT2D eigenvalue weighted by Crippen LogP contribution is -2.40. The summed E-state index contributed by atoms with van der Waals surface area (Å²) >= 11 is 0. The molecule has 0 aromatic rings. The molecular weight excluding hydrogens is 152 g/mol. The van der Waals surface area contributed by atoms with Crippen LogP contribution in [0, 0.1) is 0 Å². The molecule has 1 aliphatic heterocycles. The minimum Gasteiger partial charge on any atom is -0.307 e. The highest BCUT2D eigenvalue weighted by Gasteiger charge is 2.10. The Bertz CT molecular complexity index is 90.5. The largest absolute Gasteiger partial charge is 0.307 e. The predicted molar refractivity (Wildman–Crippen MR) is 53.0 cm³/mol. The van der Waals surface area contributed by atoms with Crippen LogP contribution in [0.1, 0.15) is 26.7 Å². The third kappa shape index (κ3) is 5.27. The zero-order valence-electron chi connectivity index (χ0n) is 7.55. The average Bonchev–Trinajstić information content (AvgIpc) is 2.10. The molecule has 1 fully saturated rings. The zero-order chi connectivity index (χ0) is 8.69. The molecular formula is C9H22N2O. The van der Waals surface area contributed by atoms with Crippen LogP contribution >= 0.6 is 0 Å². The lowest BCUT2D eigenvalue weighted by atomic mass is 10.2. The van der Waals surface area contributed by atoms with Gasteiger partial charge in [-0.15, -0.1) is 0 Å². The summed E-state index contributed by atoms with van der Waals surface area (Å²) in [5.74, 6) is 0. The van der Waals surface area contributed by atoms with Gasteiger partial charge in [-0.3, -0.25) is 0 Å². The van der Waals surface area contributed by atoms with Crippen molar-refractivity contribution in [1.29, 1.82) is 0 Å². The van der Waals surface area contributed by atoms with E-state index in [2.05, 4.69) is 24.1 Å². The monoisotopic (exact) mass is 174 g/mol. The number of rotatable bonds is 1. The number of carbonyl (C=O) groups is 1. The molecule has 0 radical (unpaired) electrons. The van der Waals surface area contributed by atoms with Crippen LogP contribution in [0.3, 0.4) is 0 Å². The highest BCUT2D eigenvalue weighted by Crippen LogP contribution is 2.08. The first-order valence-corrected chi connectivity index (χ1v) is 4.02. The summed E-state index contributed by atoms with van der Waals surface area (Å²) in [4.78, 5) is 8.00. The molecule has 1 heterocycles. The minimum absolute atomic E-state index is 0. The van der Waals surface area contributed by atoms with Crippen molar-refractivity contribution in [1.82, 2.24) is 10.0 Å². The molecule has 0 spiro atoms. The van der Waals surface area contributed by atoms with Crippen LogP contribution in [0.2, 0.25) is 0 Å². The van der Waals surface area contributed by atoms with Gasteiger partial charge in [0.15, 0.2) is 0 Å². The molecule has 3 nitrogen and oxygen atoms in total. The average molecular weight is 174 g/mol. The molecule has 74 valence electrons. The number of piperidine rings is 1. The molecule has 0 amide bonds. The van der Waals surface area contributed by atoms with Crippen LogP contribution in [0.5, 0.6) is 0 Å². The Kier molecular flexibility index (Phi) is 10.2. The van der Waals surface area contributed by atoms with Crippen LogP contribution in [0.25, 0.3) is 0 Å².